The van der Waals surface area contributed by atoms with E-state index in [4.69, 9.17) is 10.5 Å². The molecule has 0 aromatic carbocycles. The molecule has 1 aliphatic heterocycles. The molecule has 0 spiro atoms. The summed E-state index contributed by atoms with van der Waals surface area (Å²) in [5.41, 5.74) is 6.89. The third kappa shape index (κ3) is 2.03. The van der Waals surface area contributed by atoms with Crippen molar-refractivity contribution in [2.45, 2.75) is 30.0 Å². The lowest BCUT2D eigenvalue weighted by molar-refractivity contribution is -0.0457. The quantitative estimate of drug-likeness (QED) is 0.665. The molecular weight excluding hydrogens is 282 g/mol. The lowest BCUT2D eigenvalue weighted by Gasteiger charge is -2.15. The fraction of sp³-hybridized carbons (Fsp3) is 0.545. The third-order valence-corrected chi connectivity index (χ3v) is 3.98. The Hall–Kier alpha value is -1.42. The van der Waals surface area contributed by atoms with Crippen LogP contribution in [0.4, 0.5) is 5.82 Å². The highest BCUT2D eigenvalue weighted by molar-refractivity contribution is 7.98. The number of aromatic nitrogens is 4. The molecule has 0 saturated carbocycles. The number of anilines is 1. The predicted octanol–water partition coefficient (Wildman–Crippen LogP) is -0.229. The number of thioether (sulfide) groups is 1. The van der Waals surface area contributed by atoms with E-state index in [1.807, 2.05) is 6.26 Å². The molecule has 3 atom stereocenters. The highest BCUT2D eigenvalue weighted by atomic mass is 32.2. The number of ether oxygens (including phenoxy) is 1. The van der Waals surface area contributed by atoms with Gasteiger partial charge >= 0.3 is 0 Å². The molecule has 9 heteroatoms. The number of nitrogen functional groups attached to an aromatic ring is 1. The minimum absolute atomic E-state index is 0.226. The monoisotopic (exact) mass is 297 g/mol. The number of aliphatic hydroxyl groups excluding tert-OH is 2. The van der Waals surface area contributed by atoms with Crippen molar-refractivity contribution in [2.75, 3.05) is 18.6 Å². The number of aliphatic hydroxyl groups is 2. The molecule has 3 rings (SSSR count). The van der Waals surface area contributed by atoms with Gasteiger partial charge in [0.2, 0.25) is 0 Å². The number of imidazole rings is 1. The second kappa shape index (κ2) is 5.17. The number of hydrogen-bond donors (Lipinski definition) is 3. The summed E-state index contributed by atoms with van der Waals surface area (Å²) in [7, 11) is 0. The van der Waals surface area contributed by atoms with Crippen LogP contribution in [0, 0.1) is 0 Å². The second-order valence-electron chi connectivity index (χ2n) is 4.51. The summed E-state index contributed by atoms with van der Waals surface area (Å²) in [6, 6.07) is 0. The number of rotatable bonds is 3. The van der Waals surface area contributed by atoms with Crippen LogP contribution in [0.5, 0.6) is 0 Å². The Balaban J connectivity index is 2.09. The first-order valence-corrected chi connectivity index (χ1v) is 7.35. The van der Waals surface area contributed by atoms with E-state index in [1.165, 1.54) is 18.1 Å². The molecule has 4 N–H and O–H groups in total. The van der Waals surface area contributed by atoms with Crippen molar-refractivity contribution in [2.24, 2.45) is 0 Å². The SMILES string of the molecule is CSc1nc2c(N)ncnc2n1[C@H]1C[C@H](O)[C@@H](CO)O1. The molecule has 1 aliphatic rings. The molecule has 0 bridgehead atoms. The molecule has 1 fully saturated rings. The van der Waals surface area contributed by atoms with Crippen LogP contribution in [-0.4, -0.2) is 54.8 Å². The lowest BCUT2D eigenvalue weighted by Crippen LogP contribution is -2.24. The van der Waals surface area contributed by atoms with E-state index in [0.29, 0.717) is 28.6 Å². The van der Waals surface area contributed by atoms with Crippen LogP contribution in [0.15, 0.2) is 11.5 Å². The highest BCUT2D eigenvalue weighted by Crippen LogP contribution is 2.35. The van der Waals surface area contributed by atoms with Crippen molar-refractivity contribution in [3.05, 3.63) is 6.33 Å². The molecule has 0 aliphatic carbocycles. The Kier molecular flexibility index (Phi) is 3.50. The van der Waals surface area contributed by atoms with Crippen LogP contribution in [0.2, 0.25) is 0 Å². The molecule has 2 aromatic heterocycles. The Morgan fingerprint density at radius 2 is 2.35 bits per heavy atom. The minimum atomic E-state index is -0.712. The molecule has 8 nitrogen and oxygen atoms in total. The first-order chi connectivity index (χ1) is 9.65. The summed E-state index contributed by atoms with van der Waals surface area (Å²) >= 11 is 1.43. The van der Waals surface area contributed by atoms with Gasteiger partial charge in [-0.2, -0.15) is 0 Å². The summed E-state index contributed by atoms with van der Waals surface area (Å²) in [5.74, 6) is 0.307. The summed E-state index contributed by atoms with van der Waals surface area (Å²) in [5, 5.41) is 19.7. The van der Waals surface area contributed by atoms with Gasteiger partial charge in [0.15, 0.2) is 22.1 Å². The van der Waals surface area contributed by atoms with E-state index >= 15 is 0 Å². The molecule has 20 heavy (non-hydrogen) atoms. The van der Waals surface area contributed by atoms with Gasteiger partial charge < -0.3 is 20.7 Å². The maximum Gasteiger partial charge on any atom is 0.172 e. The maximum atomic E-state index is 9.87. The normalized spacial score (nSPS) is 26.4. The topological polar surface area (TPSA) is 119 Å². The highest BCUT2D eigenvalue weighted by Gasteiger charge is 2.36. The zero-order chi connectivity index (χ0) is 14.3. The minimum Gasteiger partial charge on any atom is -0.394 e. The Morgan fingerprint density at radius 1 is 1.55 bits per heavy atom. The van der Waals surface area contributed by atoms with Crippen LogP contribution in [0.3, 0.4) is 0 Å². The number of nitrogens with zero attached hydrogens (tertiary/aromatic N) is 4. The van der Waals surface area contributed by atoms with Crippen molar-refractivity contribution in [3.8, 4) is 0 Å². The molecular formula is C11H15N5O3S. The third-order valence-electron chi connectivity index (χ3n) is 3.33. The molecule has 0 radical (unpaired) electrons. The summed E-state index contributed by atoms with van der Waals surface area (Å²) in [4.78, 5) is 12.5. The largest absolute Gasteiger partial charge is 0.394 e. The predicted molar refractivity (Wildman–Crippen MR) is 73.1 cm³/mol. The molecule has 0 amide bonds. The summed E-state index contributed by atoms with van der Waals surface area (Å²) in [6.07, 6.45) is 1.89. The van der Waals surface area contributed by atoms with Crippen molar-refractivity contribution in [1.82, 2.24) is 19.5 Å². The van der Waals surface area contributed by atoms with E-state index in [-0.39, 0.29) is 6.61 Å². The lowest BCUT2D eigenvalue weighted by atomic mass is 10.2. The van der Waals surface area contributed by atoms with E-state index in [2.05, 4.69) is 15.0 Å². The Labute approximate surface area is 119 Å². The van der Waals surface area contributed by atoms with Crippen LogP contribution in [-0.2, 0) is 4.74 Å². The number of nitrogens with two attached hydrogens (primary N) is 1. The van der Waals surface area contributed by atoms with E-state index in [1.54, 1.807) is 4.57 Å². The zero-order valence-corrected chi connectivity index (χ0v) is 11.6. The van der Waals surface area contributed by atoms with Crippen LogP contribution >= 0.6 is 11.8 Å². The molecule has 0 unspecified atom stereocenters. The number of fused-ring (bicyclic) bond motifs is 1. The first kappa shape index (κ1) is 13.6. The van der Waals surface area contributed by atoms with Crippen molar-refractivity contribution < 1.29 is 14.9 Å². The van der Waals surface area contributed by atoms with Gasteiger partial charge in [-0.15, -0.1) is 0 Å². The standard InChI is InChI=1S/C11H15N5O3S/c1-20-11-15-8-9(12)13-4-14-10(8)16(11)7-2-5(18)6(3-17)19-7/h4-7,17-18H,2-3H2,1H3,(H2,12,13,14)/t5-,6+,7+/m0/s1. The smallest absolute Gasteiger partial charge is 0.172 e. The van der Waals surface area contributed by atoms with Gasteiger partial charge in [0, 0.05) is 6.42 Å². The average Bonchev–Trinajstić information content (AvgIpc) is 2.99. The van der Waals surface area contributed by atoms with Gasteiger partial charge in [-0.05, 0) is 6.26 Å². The Bertz CT molecular complexity index is 634. The van der Waals surface area contributed by atoms with Crippen LogP contribution in [0.25, 0.3) is 11.2 Å². The molecule has 2 aromatic rings. The van der Waals surface area contributed by atoms with Crippen molar-refractivity contribution >= 4 is 28.7 Å². The van der Waals surface area contributed by atoms with Crippen LogP contribution < -0.4 is 5.73 Å². The van der Waals surface area contributed by atoms with E-state index < -0.39 is 18.4 Å². The second-order valence-corrected chi connectivity index (χ2v) is 5.29. The van der Waals surface area contributed by atoms with Gasteiger partial charge in [0.25, 0.3) is 0 Å². The van der Waals surface area contributed by atoms with Gasteiger partial charge in [0.05, 0.1) is 12.7 Å². The van der Waals surface area contributed by atoms with Gasteiger partial charge in [-0.25, -0.2) is 15.0 Å². The van der Waals surface area contributed by atoms with Crippen LogP contribution in [0.1, 0.15) is 12.6 Å². The summed E-state index contributed by atoms with van der Waals surface area (Å²) < 4.78 is 7.45. The number of hydrogen-bond acceptors (Lipinski definition) is 8. The van der Waals surface area contributed by atoms with Gasteiger partial charge in [-0.1, -0.05) is 11.8 Å². The van der Waals surface area contributed by atoms with Crippen molar-refractivity contribution in [1.29, 1.82) is 0 Å². The fourth-order valence-electron chi connectivity index (χ4n) is 2.35. The van der Waals surface area contributed by atoms with Gasteiger partial charge in [0.1, 0.15) is 18.7 Å². The van der Waals surface area contributed by atoms with E-state index in [0.717, 1.165) is 0 Å². The zero-order valence-electron chi connectivity index (χ0n) is 10.8. The molecule has 108 valence electrons. The van der Waals surface area contributed by atoms with E-state index in [9.17, 15) is 10.2 Å². The first-order valence-electron chi connectivity index (χ1n) is 6.12. The molecule has 1 saturated heterocycles. The molecule has 3 heterocycles. The average molecular weight is 297 g/mol. The van der Waals surface area contributed by atoms with Gasteiger partial charge in [-0.3, -0.25) is 4.57 Å². The Morgan fingerprint density at radius 3 is 3.00 bits per heavy atom. The van der Waals surface area contributed by atoms with Crippen molar-refractivity contribution in [3.63, 3.8) is 0 Å². The maximum absolute atomic E-state index is 9.87. The summed E-state index contributed by atoms with van der Waals surface area (Å²) in [6.45, 7) is -0.226. The fourth-order valence-corrected chi connectivity index (χ4v) is 2.93.